The number of para-hydroxylation sites is 1. The Labute approximate surface area is 245 Å². The molecule has 0 saturated carbocycles. The Hall–Kier alpha value is -3.32. The van der Waals surface area contributed by atoms with Crippen LogP contribution in [0.25, 0.3) is 5.69 Å². The lowest BCUT2D eigenvalue weighted by Crippen LogP contribution is -2.28. The first kappa shape index (κ1) is 29.7. The van der Waals surface area contributed by atoms with Crippen molar-refractivity contribution in [3.63, 3.8) is 0 Å². The van der Waals surface area contributed by atoms with Crippen molar-refractivity contribution in [2.24, 2.45) is 0 Å². The number of nitrogens with zero attached hydrogens (tertiary/aromatic N) is 2. The molecule has 210 valence electrons. The summed E-state index contributed by atoms with van der Waals surface area (Å²) < 4.78 is 8.02. The van der Waals surface area contributed by atoms with E-state index < -0.39 is 11.4 Å². The first-order chi connectivity index (χ1) is 19.0. The van der Waals surface area contributed by atoms with Crippen molar-refractivity contribution < 1.29 is 14.6 Å². The number of ether oxygens (including phenoxy) is 1. The molecule has 0 unspecified atom stereocenters. The molecule has 0 aliphatic heterocycles. The quantitative estimate of drug-likeness (QED) is 0.189. The lowest BCUT2D eigenvalue weighted by molar-refractivity contribution is -0.142. The predicted octanol–water partition coefficient (Wildman–Crippen LogP) is 7.84. The van der Waals surface area contributed by atoms with Crippen molar-refractivity contribution in [2.75, 3.05) is 0 Å². The molecular formula is C32H35Cl2N3O3. The molecule has 1 heterocycles. The summed E-state index contributed by atoms with van der Waals surface area (Å²) in [5, 5.41) is 18.6. The van der Waals surface area contributed by atoms with E-state index in [1.165, 1.54) is 5.56 Å². The molecule has 0 amide bonds. The number of carboxylic acid groups (broad SMARTS) is 1. The molecule has 6 nitrogen and oxygen atoms in total. The largest absolute Gasteiger partial charge is 0.487 e. The average Bonchev–Trinajstić information content (AvgIpc) is 3.32. The van der Waals surface area contributed by atoms with E-state index in [0.29, 0.717) is 35.4 Å². The normalized spacial score (nSPS) is 11.7. The Kier molecular flexibility index (Phi) is 9.24. The van der Waals surface area contributed by atoms with Crippen LogP contribution in [-0.2, 0) is 29.9 Å². The van der Waals surface area contributed by atoms with Crippen LogP contribution in [0.2, 0.25) is 10.0 Å². The summed E-state index contributed by atoms with van der Waals surface area (Å²) in [7, 11) is 0. The van der Waals surface area contributed by atoms with Gasteiger partial charge in [-0.05, 0) is 78.8 Å². The second-order valence-electron chi connectivity index (χ2n) is 10.8. The van der Waals surface area contributed by atoms with E-state index in [1.54, 1.807) is 30.7 Å². The van der Waals surface area contributed by atoms with Crippen LogP contribution in [0.4, 0.5) is 0 Å². The van der Waals surface area contributed by atoms with E-state index >= 15 is 0 Å². The van der Waals surface area contributed by atoms with Gasteiger partial charge in [-0.15, -0.1) is 0 Å². The van der Waals surface area contributed by atoms with Gasteiger partial charge in [0.1, 0.15) is 18.0 Å². The number of nitrogens with one attached hydrogen (secondary N) is 1. The zero-order chi connectivity index (χ0) is 29.0. The minimum atomic E-state index is -0.912. The van der Waals surface area contributed by atoms with Crippen molar-refractivity contribution in [2.45, 2.75) is 65.6 Å². The lowest BCUT2D eigenvalue weighted by atomic mass is 9.84. The molecule has 40 heavy (non-hydrogen) atoms. The molecule has 4 aromatic rings. The molecule has 3 aromatic carbocycles. The molecule has 8 heteroatoms. The standard InChI is InChI=1S/C32H35Cl2N3O3/c1-20(2)26-18-36-37(30-27(33)7-6-8-28(30)34)29(26)19-40-25-14-11-23(21(3)15-25)17-35-16-22-9-12-24(13-10-22)32(4,5)31(38)39/h6-15,18,20,35H,16-17,19H2,1-5H3,(H,38,39). The molecular weight excluding hydrogens is 545 g/mol. The van der Waals surface area contributed by atoms with E-state index in [-0.39, 0.29) is 5.92 Å². The van der Waals surface area contributed by atoms with Gasteiger partial charge in [0, 0.05) is 13.1 Å². The fourth-order valence-electron chi connectivity index (χ4n) is 4.51. The maximum Gasteiger partial charge on any atom is 0.313 e. The fraction of sp³-hybridized carbons (Fsp3) is 0.312. The van der Waals surface area contributed by atoms with Gasteiger partial charge in [0.15, 0.2) is 0 Å². The molecule has 0 spiro atoms. The number of halogens is 2. The number of hydrogen-bond donors (Lipinski definition) is 2. The number of aryl methyl sites for hydroxylation is 1. The van der Waals surface area contributed by atoms with Gasteiger partial charge in [0.2, 0.25) is 0 Å². The number of hydrogen-bond acceptors (Lipinski definition) is 4. The third kappa shape index (κ3) is 6.52. The van der Waals surface area contributed by atoms with Crippen LogP contribution >= 0.6 is 23.2 Å². The van der Waals surface area contributed by atoms with Crippen molar-refractivity contribution in [3.8, 4) is 11.4 Å². The fourth-order valence-corrected chi connectivity index (χ4v) is 5.07. The molecule has 0 aliphatic rings. The highest BCUT2D eigenvalue weighted by molar-refractivity contribution is 6.37. The zero-order valence-corrected chi connectivity index (χ0v) is 25.0. The monoisotopic (exact) mass is 579 g/mol. The van der Waals surface area contributed by atoms with E-state index in [1.807, 2.05) is 48.7 Å². The highest BCUT2D eigenvalue weighted by atomic mass is 35.5. The predicted molar refractivity (Wildman–Crippen MR) is 161 cm³/mol. The van der Waals surface area contributed by atoms with Gasteiger partial charge in [0.05, 0.1) is 27.4 Å². The average molecular weight is 581 g/mol. The van der Waals surface area contributed by atoms with E-state index in [2.05, 4.69) is 37.3 Å². The molecule has 0 aliphatic carbocycles. The molecule has 4 rings (SSSR count). The van der Waals surface area contributed by atoms with E-state index in [4.69, 9.17) is 27.9 Å². The van der Waals surface area contributed by atoms with Crippen LogP contribution in [0, 0.1) is 6.92 Å². The zero-order valence-electron chi connectivity index (χ0n) is 23.5. The van der Waals surface area contributed by atoms with Crippen LogP contribution in [0.3, 0.4) is 0 Å². The number of carboxylic acids is 1. The second-order valence-corrected chi connectivity index (χ2v) is 11.6. The second kappa shape index (κ2) is 12.5. The Balaban J connectivity index is 1.41. The summed E-state index contributed by atoms with van der Waals surface area (Å²) in [5.41, 5.74) is 5.90. The first-order valence-corrected chi connectivity index (χ1v) is 14.0. The summed E-state index contributed by atoms with van der Waals surface area (Å²) in [6.45, 7) is 11.4. The van der Waals surface area contributed by atoms with Crippen LogP contribution in [-0.4, -0.2) is 20.9 Å². The Morgan fingerprint density at radius 2 is 1.73 bits per heavy atom. The minimum absolute atomic E-state index is 0.253. The first-order valence-electron chi connectivity index (χ1n) is 13.3. The maximum atomic E-state index is 11.5. The van der Waals surface area contributed by atoms with Crippen LogP contribution < -0.4 is 10.1 Å². The van der Waals surface area contributed by atoms with Gasteiger partial charge < -0.3 is 15.2 Å². The topological polar surface area (TPSA) is 76.4 Å². The highest BCUT2D eigenvalue weighted by Gasteiger charge is 2.29. The number of rotatable bonds is 11. The van der Waals surface area contributed by atoms with Crippen molar-refractivity contribution in [3.05, 3.63) is 110 Å². The van der Waals surface area contributed by atoms with Gasteiger partial charge >= 0.3 is 5.97 Å². The third-order valence-electron chi connectivity index (χ3n) is 7.22. The number of aromatic nitrogens is 2. The Morgan fingerprint density at radius 3 is 2.33 bits per heavy atom. The molecule has 0 radical (unpaired) electrons. The summed E-state index contributed by atoms with van der Waals surface area (Å²) in [6.07, 6.45) is 1.85. The molecule has 1 aromatic heterocycles. The van der Waals surface area contributed by atoms with Crippen molar-refractivity contribution in [1.82, 2.24) is 15.1 Å². The summed E-state index contributed by atoms with van der Waals surface area (Å²) in [4.78, 5) is 11.5. The molecule has 0 saturated heterocycles. The van der Waals surface area contributed by atoms with Crippen molar-refractivity contribution in [1.29, 1.82) is 0 Å². The van der Waals surface area contributed by atoms with Gasteiger partial charge in [-0.3, -0.25) is 4.79 Å². The highest BCUT2D eigenvalue weighted by Crippen LogP contribution is 2.32. The summed E-state index contributed by atoms with van der Waals surface area (Å²) >= 11 is 13.0. The number of aliphatic carboxylic acids is 1. The van der Waals surface area contributed by atoms with E-state index in [0.717, 1.165) is 33.7 Å². The van der Waals surface area contributed by atoms with Crippen LogP contribution in [0.15, 0.2) is 66.9 Å². The molecule has 0 bridgehead atoms. The smallest absolute Gasteiger partial charge is 0.313 e. The maximum absolute atomic E-state index is 11.5. The molecule has 2 N–H and O–H groups in total. The van der Waals surface area contributed by atoms with Gasteiger partial charge in [-0.25, -0.2) is 4.68 Å². The van der Waals surface area contributed by atoms with Crippen molar-refractivity contribution >= 4 is 29.2 Å². The summed E-state index contributed by atoms with van der Waals surface area (Å²) in [6, 6.07) is 19.2. The van der Waals surface area contributed by atoms with Gasteiger partial charge in [-0.2, -0.15) is 5.10 Å². The van der Waals surface area contributed by atoms with E-state index in [9.17, 15) is 9.90 Å². The Bertz CT molecular complexity index is 1470. The van der Waals surface area contributed by atoms with Gasteiger partial charge in [-0.1, -0.05) is 73.4 Å². The molecule has 0 fully saturated rings. The SMILES string of the molecule is Cc1cc(OCc2c(C(C)C)cnn2-c2c(Cl)cccc2Cl)ccc1CNCc1ccc(C(C)(C)C(=O)O)cc1. The van der Waals surface area contributed by atoms with Crippen LogP contribution in [0.5, 0.6) is 5.75 Å². The van der Waals surface area contributed by atoms with Crippen LogP contribution in [0.1, 0.15) is 67.1 Å². The third-order valence-corrected chi connectivity index (χ3v) is 7.83. The minimum Gasteiger partial charge on any atom is -0.487 e. The Morgan fingerprint density at radius 1 is 1.05 bits per heavy atom. The lowest BCUT2D eigenvalue weighted by Gasteiger charge is -2.20. The molecule has 0 atom stereocenters. The summed E-state index contributed by atoms with van der Waals surface area (Å²) in [5.74, 6) is 0.187. The van der Waals surface area contributed by atoms with Gasteiger partial charge in [0.25, 0.3) is 0 Å². The number of carbonyl (C=O) groups is 1. The number of benzene rings is 3.